The number of carbonyl (C=O) groups is 3. The van der Waals surface area contributed by atoms with Crippen molar-refractivity contribution in [2.45, 2.75) is 6.42 Å². The van der Waals surface area contributed by atoms with E-state index < -0.39 is 29.2 Å². The molecule has 2 N–H and O–H groups in total. The number of nitrogens with one attached hydrogen (secondary N) is 1. The summed E-state index contributed by atoms with van der Waals surface area (Å²) in [6, 6.07) is 4.36. The van der Waals surface area contributed by atoms with Crippen LogP contribution in [0.1, 0.15) is 16.8 Å². The molecule has 0 spiro atoms. The van der Waals surface area contributed by atoms with Crippen molar-refractivity contribution in [1.82, 2.24) is 5.48 Å². The number of nitro benzene ring substituents is 1. The van der Waals surface area contributed by atoms with Gasteiger partial charge in [-0.25, -0.2) is 10.3 Å². The summed E-state index contributed by atoms with van der Waals surface area (Å²) in [6.45, 7) is 0. The Morgan fingerprint density at radius 1 is 1.26 bits per heavy atom. The van der Waals surface area contributed by atoms with Crippen LogP contribution >= 0.6 is 0 Å². The fourth-order valence-corrected chi connectivity index (χ4v) is 1.09. The number of hydroxylamine groups is 1. The molecule has 100 valence electrons. The van der Waals surface area contributed by atoms with Crippen LogP contribution in [0.3, 0.4) is 0 Å². The monoisotopic (exact) mass is 268 g/mol. The number of esters is 2. The molecule has 1 rings (SSSR count). The van der Waals surface area contributed by atoms with Gasteiger partial charge in [-0.1, -0.05) is 0 Å². The number of nitro groups is 1. The molecular weight excluding hydrogens is 260 g/mol. The van der Waals surface area contributed by atoms with Crippen LogP contribution in [0.5, 0.6) is 0 Å². The maximum absolute atomic E-state index is 11.4. The van der Waals surface area contributed by atoms with Gasteiger partial charge in [0, 0.05) is 12.1 Å². The van der Waals surface area contributed by atoms with E-state index in [1.165, 1.54) is 5.48 Å². The number of hydrogen-bond donors (Lipinski definition) is 2. The lowest BCUT2D eigenvalue weighted by atomic mass is 10.2. The second-order valence-corrected chi connectivity index (χ2v) is 3.28. The zero-order valence-electron chi connectivity index (χ0n) is 9.36. The lowest BCUT2D eigenvalue weighted by molar-refractivity contribution is -0.384. The highest BCUT2D eigenvalue weighted by Crippen LogP contribution is 2.12. The van der Waals surface area contributed by atoms with E-state index in [1.54, 1.807) is 0 Å². The number of amides is 1. The topological polar surface area (TPSA) is 136 Å². The molecule has 0 heterocycles. The number of ether oxygens (including phenoxy) is 1. The van der Waals surface area contributed by atoms with Crippen LogP contribution in [0.4, 0.5) is 5.69 Å². The van der Waals surface area contributed by atoms with E-state index in [-0.39, 0.29) is 11.3 Å². The Labute approximate surface area is 105 Å². The van der Waals surface area contributed by atoms with Gasteiger partial charge in [-0.05, 0) is 12.1 Å². The van der Waals surface area contributed by atoms with E-state index in [9.17, 15) is 24.5 Å². The van der Waals surface area contributed by atoms with Crippen LogP contribution in [0.2, 0.25) is 0 Å². The van der Waals surface area contributed by atoms with E-state index in [0.717, 1.165) is 24.3 Å². The van der Waals surface area contributed by atoms with Crippen molar-refractivity contribution < 1.29 is 29.3 Å². The number of benzene rings is 1. The minimum Gasteiger partial charge on any atom is -0.389 e. The maximum atomic E-state index is 11.4. The molecule has 0 bridgehead atoms. The Bertz CT molecular complexity index is 523. The molecule has 0 saturated heterocycles. The molecule has 1 aromatic rings. The first-order chi connectivity index (χ1) is 8.93. The minimum atomic E-state index is -1.16. The van der Waals surface area contributed by atoms with Crippen molar-refractivity contribution in [2.24, 2.45) is 0 Å². The van der Waals surface area contributed by atoms with E-state index >= 15 is 0 Å². The van der Waals surface area contributed by atoms with Crippen LogP contribution in [0.25, 0.3) is 0 Å². The second-order valence-electron chi connectivity index (χ2n) is 3.28. The largest absolute Gasteiger partial charge is 0.389 e. The molecule has 19 heavy (non-hydrogen) atoms. The molecule has 0 radical (unpaired) electrons. The second kappa shape index (κ2) is 6.21. The summed E-state index contributed by atoms with van der Waals surface area (Å²) in [5, 5.41) is 18.5. The van der Waals surface area contributed by atoms with Crippen molar-refractivity contribution in [3.8, 4) is 0 Å². The molecule has 0 atom stereocenters. The highest BCUT2D eigenvalue weighted by molar-refractivity contribution is 6.02. The quantitative estimate of drug-likeness (QED) is 0.261. The van der Waals surface area contributed by atoms with Gasteiger partial charge in [-0.2, -0.15) is 0 Å². The van der Waals surface area contributed by atoms with Gasteiger partial charge in [-0.3, -0.25) is 24.9 Å². The fraction of sp³-hybridized carbons (Fsp3) is 0.100. The summed E-state index contributed by atoms with van der Waals surface area (Å²) < 4.78 is 4.29. The van der Waals surface area contributed by atoms with Gasteiger partial charge < -0.3 is 4.74 Å². The maximum Gasteiger partial charge on any atom is 0.345 e. The first-order valence-corrected chi connectivity index (χ1v) is 4.86. The fourth-order valence-electron chi connectivity index (χ4n) is 1.09. The normalized spacial score (nSPS) is 9.53. The van der Waals surface area contributed by atoms with Gasteiger partial charge in [0.2, 0.25) is 0 Å². The number of nitrogens with zero attached hydrogens (tertiary/aromatic N) is 1. The smallest absolute Gasteiger partial charge is 0.345 e. The predicted octanol–water partition coefficient (Wildman–Crippen LogP) is 0.174. The zero-order chi connectivity index (χ0) is 14.4. The van der Waals surface area contributed by atoms with Crippen LogP contribution in [0, 0.1) is 10.1 Å². The molecule has 0 aromatic heterocycles. The summed E-state index contributed by atoms with van der Waals surface area (Å²) in [5.74, 6) is -3.23. The number of rotatable bonds is 4. The molecule has 0 aliphatic rings. The lowest BCUT2D eigenvalue weighted by Crippen LogP contribution is -2.24. The van der Waals surface area contributed by atoms with E-state index in [1.807, 2.05) is 0 Å². The summed E-state index contributed by atoms with van der Waals surface area (Å²) >= 11 is 0. The molecule has 0 unspecified atom stereocenters. The third kappa shape index (κ3) is 4.16. The summed E-state index contributed by atoms with van der Waals surface area (Å²) in [7, 11) is 0. The van der Waals surface area contributed by atoms with Crippen molar-refractivity contribution in [3.05, 3.63) is 39.9 Å². The predicted molar refractivity (Wildman–Crippen MR) is 58.1 cm³/mol. The van der Waals surface area contributed by atoms with E-state index in [2.05, 4.69) is 4.74 Å². The average Bonchev–Trinajstić information content (AvgIpc) is 2.38. The van der Waals surface area contributed by atoms with Gasteiger partial charge in [0.25, 0.3) is 11.6 Å². The van der Waals surface area contributed by atoms with Gasteiger partial charge in [0.1, 0.15) is 6.42 Å². The average molecular weight is 268 g/mol. The van der Waals surface area contributed by atoms with Gasteiger partial charge in [-0.15, -0.1) is 0 Å². The molecule has 0 aliphatic heterocycles. The Hall–Kier alpha value is -2.81. The third-order valence-electron chi connectivity index (χ3n) is 1.95. The van der Waals surface area contributed by atoms with Crippen molar-refractivity contribution in [3.63, 3.8) is 0 Å². The SMILES string of the molecule is O=C(CC(=O)OC(=O)c1ccc([N+](=O)[O-])cc1)NO. The van der Waals surface area contributed by atoms with Crippen molar-refractivity contribution in [2.75, 3.05) is 0 Å². The highest BCUT2D eigenvalue weighted by Gasteiger charge is 2.17. The molecule has 0 saturated carbocycles. The van der Waals surface area contributed by atoms with Crippen molar-refractivity contribution in [1.29, 1.82) is 0 Å². The van der Waals surface area contributed by atoms with E-state index in [0.29, 0.717) is 0 Å². The third-order valence-corrected chi connectivity index (χ3v) is 1.95. The number of hydrogen-bond acceptors (Lipinski definition) is 7. The Kier molecular flexibility index (Phi) is 4.66. The highest BCUT2D eigenvalue weighted by atomic mass is 16.6. The molecule has 0 fully saturated rings. The summed E-state index contributed by atoms with van der Waals surface area (Å²) in [5.41, 5.74) is 0.903. The van der Waals surface area contributed by atoms with Gasteiger partial charge >= 0.3 is 11.9 Å². The summed E-state index contributed by atoms with van der Waals surface area (Å²) in [6.07, 6.45) is -0.824. The Morgan fingerprint density at radius 3 is 2.32 bits per heavy atom. The number of non-ortho nitro benzene ring substituents is 1. The first kappa shape index (κ1) is 14.3. The van der Waals surface area contributed by atoms with Crippen LogP contribution in [0.15, 0.2) is 24.3 Å². The molecule has 9 nitrogen and oxygen atoms in total. The van der Waals surface area contributed by atoms with E-state index in [4.69, 9.17) is 5.21 Å². The van der Waals surface area contributed by atoms with Gasteiger partial charge in [0.15, 0.2) is 0 Å². The number of carbonyl (C=O) groups excluding carboxylic acids is 3. The van der Waals surface area contributed by atoms with Crippen LogP contribution in [-0.4, -0.2) is 28.0 Å². The minimum absolute atomic E-state index is 0.0802. The standard InChI is InChI=1S/C10H8N2O7/c13-8(11-16)5-9(14)19-10(15)6-1-3-7(4-2-6)12(17)18/h1-4,16H,5H2,(H,11,13). The van der Waals surface area contributed by atoms with Crippen molar-refractivity contribution >= 4 is 23.5 Å². The zero-order valence-corrected chi connectivity index (χ0v) is 9.36. The molecule has 9 heteroatoms. The summed E-state index contributed by atoms with van der Waals surface area (Å²) in [4.78, 5) is 42.8. The lowest BCUT2D eigenvalue weighted by Gasteiger charge is -2.02. The van der Waals surface area contributed by atoms with Gasteiger partial charge in [0.05, 0.1) is 10.5 Å². The molecular formula is C10H8N2O7. The first-order valence-electron chi connectivity index (χ1n) is 4.86. The van der Waals surface area contributed by atoms with Crippen LogP contribution < -0.4 is 5.48 Å². The Balaban J connectivity index is 2.65. The molecule has 1 aromatic carbocycles. The molecule has 1 amide bonds. The molecule has 0 aliphatic carbocycles. The van der Waals surface area contributed by atoms with Crippen LogP contribution in [-0.2, 0) is 14.3 Å². The Morgan fingerprint density at radius 2 is 1.84 bits per heavy atom.